The number of ether oxygens (including phenoxy) is 1. The number of rotatable bonds is 3. The van der Waals surface area contributed by atoms with Gasteiger partial charge >= 0.3 is 5.97 Å². The predicted octanol–water partition coefficient (Wildman–Crippen LogP) is 1.47. The van der Waals surface area contributed by atoms with Crippen molar-refractivity contribution >= 4 is 17.6 Å². The molecule has 1 N–H and O–H groups in total. The first-order valence-electron chi connectivity index (χ1n) is 3.26. The maximum atomic E-state index is 10.3. The number of carbonyl (C=O) groups excluding carboxylic acids is 1. The van der Waals surface area contributed by atoms with Gasteiger partial charge in [0.05, 0.1) is 6.10 Å². The fourth-order valence-electron chi connectivity index (χ4n) is 0.262. The van der Waals surface area contributed by atoms with E-state index in [0.717, 1.165) is 6.08 Å². The Morgan fingerprint density at radius 1 is 1.75 bits per heavy atom. The van der Waals surface area contributed by atoms with Gasteiger partial charge in [0.15, 0.2) is 0 Å². The second kappa shape index (κ2) is 10.2. The van der Waals surface area contributed by atoms with Crippen LogP contribution >= 0.6 is 11.6 Å². The second-order valence-corrected chi connectivity index (χ2v) is 2.15. The molecule has 0 saturated heterocycles. The first-order chi connectivity index (χ1) is 5.58. The Kier molecular flexibility index (Phi) is 11.7. The monoisotopic (exact) mass is 192 g/mol. The van der Waals surface area contributed by atoms with Gasteiger partial charge in [0.2, 0.25) is 0 Å². The molecular formula is C8H13ClO3. The molecule has 0 aliphatic rings. The lowest BCUT2D eigenvalue weighted by atomic mass is 10.4. The highest BCUT2D eigenvalue weighted by Gasteiger charge is 1.97. The van der Waals surface area contributed by atoms with Crippen molar-refractivity contribution < 1.29 is 14.6 Å². The molecule has 0 aliphatic heterocycles. The van der Waals surface area contributed by atoms with Crippen molar-refractivity contribution in [3.05, 3.63) is 24.8 Å². The van der Waals surface area contributed by atoms with Crippen LogP contribution in [0.2, 0.25) is 0 Å². The Labute approximate surface area is 77.3 Å². The summed E-state index contributed by atoms with van der Waals surface area (Å²) < 4.78 is 4.45. The minimum atomic E-state index is -0.603. The number of halogens is 1. The maximum Gasteiger partial charge on any atom is 0.330 e. The summed E-state index contributed by atoms with van der Waals surface area (Å²) in [6.07, 6.45) is 0.455. The molecule has 4 heteroatoms. The molecule has 0 aromatic heterocycles. The van der Waals surface area contributed by atoms with Crippen molar-refractivity contribution in [3.63, 3.8) is 0 Å². The lowest BCUT2D eigenvalue weighted by Crippen LogP contribution is -2.13. The number of aliphatic hydroxyl groups excluding tert-OH is 1. The molecule has 0 aromatic carbocycles. The highest BCUT2D eigenvalue weighted by atomic mass is 35.5. The summed E-state index contributed by atoms with van der Waals surface area (Å²) in [5, 5.41) is 8.59. The fraction of sp³-hybridized carbons (Fsp3) is 0.375. The summed E-state index contributed by atoms with van der Waals surface area (Å²) in [4.78, 5) is 10.3. The molecule has 0 rings (SSSR count). The van der Waals surface area contributed by atoms with E-state index < -0.39 is 12.1 Å². The van der Waals surface area contributed by atoms with Crippen LogP contribution in [-0.2, 0) is 9.53 Å². The van der Waals surface area contributed by atoms with E-state index >= 15 is 0 Å². The number of hydrogen-bond donors (Lipinski definition) is 1. The van der Waals surface area contributed by atoms with E-state index in [-0.39, 0.29) is 6.61 Å². The molecule has 3 nitrogen and oxygen atoms in total. The van der Waals surface area contributed by atoms with Gasteiger partial charge in [-0.1, -0.05) is 24.8 Å². The van der Waals surface area contributed by atoms with Gasteiger partial charge in [0.25, 0.3) is 0 Å². The van der Waals surface area contributed by atoms with E-state index in [2.05, 4.69) is 17.9 Å². The van der Waals surface area contributed by atoms with E-state index in [1.165, 1.54) is 12.5 Å². The third kappa shape index (κ3) is 16.1. The summed E-state index contributed by atoms with van der Waals surface area (Å²) in [7, 11) is 0. The molecule has 1 atom stereocenters. The number of carbonyl (C=O) groups is 1. The van der Waals surface area contributed by atoms with E-state index in [4.69, 9.17) is 16.7 Å². The van der Waals surface area contributed by atoms with Crippen molar-refractivity contribution in [2.75, 3.05) is 6.61 Å². The van der Waals surface area contributed by atoms with E-state index in [1.807, 2.05) is 0 Å². The molecule has 0 heterocycles. The lowest BCUT2D eigenvalue weighted by Gasteiger charge is -2.02. The van der Waals surface area contributed by atoms with Gasteiger partial charge in [-0.3, -0.25) is 0 Å². The number of aliphatic hydroxyl groups is 1. The zero-order valence-electron chi connectivity index (χ0n) is 7.00. The highest BCUT2D eigenvalue weighted by Crippen LogP contribution is 1.83. The Hall–Kier alpha value is -0.800. The predicted molar refractivity (Wildman–Crippen MR) is 48.9 cm³/mol. The Bertz CT molecular complexity index is 143. The molecule has 0 bridgehead atoms. The summed E-state index contributed by atoms with van der Waals surface area (Å²) in [5.41, 5.74) is 1.22. The molecule has 0 saturated carbocycles. The van der Waals surface area contributed by atoms with Crippen molar-refractivity contribution in [2.45, 2.75) is 13.0 Å². The van der Waals surface area contributed by atoms with E-state index in [9.17, 15) is 4.79 Å². The van der Waals surface area contributed by atoms with Gasteiger partial charge < -0.3 is 9.84 Å². The highest BCUT2D eigenvalue weighted by molar-refractivity contribution is 6.25. The third-order valence-corrected chi connectivity index (χ3v) is 0.633. The standard InChI is InChI=1S/C6H10O3.C2H3Cl/c1-3-6(8)9-4-5(2)7;1-2-3/h3,5,7H,1,4H2,2H3;2H,1H2. The molecule has 0 spiro atoms. The van der Waals surface area contributed by atoms with Gasteiger partial charge in [-0.2, -0.15) is 0 Å². The SMILES string of the molecule is C=CC(=O)OCC(C)O.C=CCl. The zero-order valence-corrected chi connectivity index (χ0v) is 7.75. The van der Waals surface area contributed by atoms with Crippen LogP contribution in [0.15, 0.2) is 24.8 Å². The van der Waals surface area contributed by atoms with Crippen LogP contribution < -0.4 is 0 Å². The topological polar surface area (TPSA) is 46.5 Å². The van der Waals surface area contributed by atoms with Gasteiger partial charge in [-0.15, -0.1) is 0 Å². The number of hydrogen-bond acceptors (Lipinski definition) is 3. The first-order valence-corrected chi connectivity index (χ1v) is 3.70. The molecule has 0 aromatic rings. The molecule has 0 fully saturated rings. The average Bonchev–Trinajstić information content (AvgIpc) is 2.01. The maximum absolute atomic E-state index is 10.3. The molecule has 0 aliphatic carbocycles. The van der Waals surface area contributed by atoms with Crippen LogP contribution in [0.5, 0.6) is 0 Å². The summed E-state index contributed by atoms with van der Waals surface area (Å²) >= 11 is 4.76. The van der Waals surface area contributed by atoms with Crippen LogP contribution in [0, 0.1) is 0 Å². The van der Waals surface area contributed by atoms with Gasteiger partial charge in [0.1, 0.15) is 6.61 Å². The minimum Gasteiger partial charge on any atom is -0.460 e. The van der Waals surface area contributed by atoms with Crippen LogP contribution in [0.4, 0.5) is 0 Å². The average molecular weight is 193 g/mol. The van der Waals surface area contributed by atoms with E-state index in [0.29, 0.717) is 0 Å². The van der Waals surface area contributed by atoms with Crippen LogP contribution in [0.1, 0.15) is 6.92 Å². The Morgan fingerprint density at radius 3 is 2.42 bits per heavy atom. The van der Waals surface area contributed by atoms with Gasteiger partial charge in [0, 0.05) is 6.08 Å². The van der Waals surface area contributed by atoms with Crippen LogP contribution in [0.3, 0.4) is 0 Å². The van der Waals surface area contributed by atoms with E-state index in [1.54, 1.807) is 0 Å². The minimum absolute atomic E-state index is 0.0326. The molecule has 1 unspecified atom stereocenters. The van der Waals surface area contributed by atoms with Crippen molar-refractivity contribution in [1.29, 1.82) is 0 Å². The summed E-state index contributed by atoms with van der Waals surface area (Å²) in [5.74, 6) is -0.504. The number of esters is 1. The normalized spacial score (nSPS) is 10.2. The summed E-state index contributed by atoms with van der Waals surface area (Å²) in [6.45, 7) is 7.88. The Morgan fingerprint density at radius 2 is 2.17 bits per heavy atom. The molecule has 12 heavy (non-hydrogen) atoms. The molecule has 0 amide bonds. The van der Waals surface area contributed by atoms with Gasteiger partial charge in [-0.25, -0.2) is 4.79 Å². The smallest absolute Gasteiger partial charge is 0.330 e. The van der Waals surface area contributed by atoms with Crippen molar-refractivity contribution in [2.24, 2.45) is 0 Å². The van der Waals surface area contributed by atoms with Crippen LogP contribution in [0.25, 0.3) is 0 Å². The largest absolute Gasteiger partial charge is 0.460 e. The molecule has 0 radical (unpaired) electrons. The zero-order chi connectivity index (χ0) is 9.98. The third-order valence-electron chi connectivity index (χ3n) is 0.633. The van der Waals surface area contributed by atoms with Crippen LogP contribution in [-0.4, -0.2) is 23.8 Å². The van der Waals surface area contributed by atoms with Crippen molar-refractivity contribution in [3.8, 4) is 0 Å². The molecule has 70 valence electrons. The molecular weight excluding hydrogens is 180 g/mol. The van der Waals surface area contributed by atoms with Gasteiger partial charge in [-0.05, 0) is 12.5 Å². The quantitative estimate of drug-likeness (QED) is 0.544. The Balaban J connectivity index is 0. The van der Waals surface area contributed by atoms with Crippen molar-refractivity contribution in [1.82, 2.24) is 0 Å². The fourth-order valence-corrected chi connectivity index (χ4v) is 0.262. The second-order valence-electron chi connectivity index (χ2n) is 1.84. The first kappa shape index (κ1) is 13.8. The lowest BCUT2D eigenvalue weighted by molar-refractivity contribution is -0.140. The summed E-state index contributed by atoms with van der Waals surface area (Å²) in [6, 6.07) is 0.